The molecule has 0 saturated carbocycles. The Hall–Kier alpha value is -2.90. The van der Waals surface area contributed by atoms with Crippen molar-refractivity contribution in [3.05, 3.63) is 46.8 Å². The van der Waals surface area contributed by atoms with Gasteiger partial charge in [-0.3, -0.25) is 19.6 Å². The number of carbonyl (C=O) groups excluding carboxylic acids is 1. The molecule has 0 fully saturated rings. The van der Waals surface area contributed by atoms with Gasteiger partial charge in [-0.2, -0.15) is 5.10 Å². The van der Waals surface area contributed by atoms with Crippen molar-refractivity contribution in [3.8, 4) is 5.75 Å². The highest BCUT2D eigenvalue weighted by Gasteiger charge is 2.32. The third kappa shape index (κ3) is 2.83. The van der Waals surface area contributed by atoms with E-state index < -0.39 is 16.4 Å². The number of para-hydroxylation sites is 2. The lowest BCUT2D eigenvalue weighted by molar-refractivity contribution is -0.385. The molecule has 1 aromatic carbocycles. The summed E-state index contributed by atoms with van der Waals surface area (Å²) >= 11 is 0. The van der Waals surface area contributed by atoms with Gasteiger partial charge in [-0.05, 0) is 26.0 Å². The van der Waals surface area contributed by atoms with E-state index in [0.29, 0.717) is 0 Å². The van der Waals surface area contributed by atoms with Crippen molar-refractivity contribution in [2.45, 2.75) is 19.4 Å². The van der Waals surface area contributed by atoms with E-state index in [-0.39, 0.29) is 17.1 Å². The van der Waals surface area contributed by atoms with Crippen molar-refractivity contribution < 1.29 is 14.8 Å². The number of hydrogen-bond acceptors (Lipinski definition) is 5. The van der Waals surface area contributed by atoms with E-state index in [0.717, 1.165) is 6.20 Å². The zero-order valence-electron chi connectivity index (χ0n) is 11.5. The third-order valence-corrected chi connectivity index (χ3v) is 3.06. The molecule has 8 heteroatoms. The van der Waals surface area contributed by atoms with Crippen LogP contribution in [0.5, 0.6) is 5.75 Å². The first-order valence-corrected chi connectivity index (χ1v) is 6.11. The van der Waals surface area contributed by atoms with Crippen molar-refractivity contribution in [1.82, 2.24) is 9.78 Å². The lowest BCUT2D eigenvalue weighted by Gasteiger charge is -2.24. The molecular weight excluding hydrogens is 276 g/mol. The second-order valence-corrected chi connectivity index (χ2v) is 4.93. The van der Waals surface area contributed by atoms with Crippen molar-refractivity contribution >= 4 is 17.3 Å². The quantitative estimate of drug-likeness (QED) is 0.507. The molecule has 0 radical (unpaired) electrons. The van der Waals surface area contributed by atoms with Crippen LogP contribution in [0.1, 0.15) is 13.8 Å². The number of nitrogens with zero attached hydrogens (tertiary/aromatic N) is 3. The van der Waals surface area contributed by atoms with E-state index >= 15 is 0 Å². The maximum Gasteiger partial charge on any atom is 0.307 e. The van der Waals surface area contributed by atoms with E-state index in [1.54, 1.807) is 32.0 Å². The summed E-state index contributed by atoms with van der Waals surface area (Å²) in [5.41, 5.74) is -1.09. The molecule has 8 nitrogen and oxygen atoms in total. The Morgan fingerprint density at radius 3 is 2.67 bits per heavy atom. The number of carbonyl (C=O) groups is 1. The van der Waals surface area contributed by atoms with E-state index in [4.69, 9.17) is 0 Å². The molecule has 110 valence electrons. The fourth-order valence-corrected chi connectivity index (χ4v) is 1.67. The van der Waals surface area contributed by atoms with Crippen LogP contribution >= 0.6 is 0 Å². The number of benzene rings is 1. The predicted octanol–water partition coefficient (Wildman–Crippen LogP) is 1.87. The summed E-state index contributed by atoms with van der Waals surface area (Å²) < 4.78 is 1.21. The van der Waals surface area contributed by atoms with Gasteiger partial charge in [0.1, 0.15) is 23.7 Å². The van der Waals surface area contributed by atoms with Gasteiger partial charge in [-0.25, -0.2) is 0 Å². The topological polar surface area (TPSA) is 110 Å². The first kappa shape index (κ1) is 14.5. The van der Waals surface area contributed by atoms with Crippen LogP contribution in [0, 0.1) is 10.1 Å². The third-order valence-electron chi connectivity index (χ3n) is 3.06. The number of amides is 1. The van der Waals surface area contributed by atoms with Gasteiger partial charge in [0.2, 0.25) is 0 Å². The van der Waals surface area contributed by atoms with Crippen LogP contribution in [0.15, 0.2) is 36.7 Å². The largest absolute Gasteiger partial charge is 0.506 e. The molecule has 0 bridgehead atoms. The summed E-state index contributed by atoms with van der Waals surface area (Å²) in [6.45, 7) is 3.14. The second kappa shape index (κ2) is 5.23. The fraction of sp³-hybridized carbons (Fsp3) is 0.231. The molecular formula is C13H14N4O4. The number of aromatic nitrogens is 2. The minimum Gasteiger partial charge on any atom is -0.506 e. The minimum atomic E-state index is -1.16. The van der Waals surface area contributed by atoms with Gasteiger partial charge in [0.05, 0.1) is 10.6 Å². The zero-order valence-corrected chi connectivity index (χ0v) is 11.5. The summed E-state index contributed by atoms with van der Waals surface area (Å²) in [4.78, 5) is 22.4. The smallest absolute Gasteiger partial charge is 0.307 e. The van der Waals surface area contributed by atoms with Gasteiger partial charge in [-0.15, -0.1) is 0 Å². The Bertz CT molecular complexity index is 693. The van der Waals surface area contributed by atoms with Crippen LogP contribution in [0.2, 0.25) is 0 Å². The van der Waals surface area contributed by atoms with Crippen LogP contribution < -0.4 is 5.32 Å². The molecule has 0 saturated heterocycles. The van der Waals surface area contributed by atoms with Crippen LogP contribution in [0.4, 0.5) is 11.4 Å². The maximum absolute atomic E-state index is 12.3. The van der Waals surface area contributed by atoms with E-state index in [1.165, 1.54) is 16.9 Å². The molecule has 2 N–H and O–H groups in total. The Balaban J connectivity index is 2.24. The average molecular weight is 290 g/mol. The Morgan fingerprint density at radius 1 is 1.43 bits per heavy atom. The van der Waals surface area contributed by atoms with Crippen molar-refractivity contribution in [2.24, 2.45) is 0 Å². The van der Waals surface area contributed by atoms with E-state index in [9.17, 15) is 20.0 Å². The molecule has 1 aromatic heterocycles. The van der Waals surface area contributed by atoms with Gasteiger partial charge >= 0.3 is 5.69 Å². The molecule has 2 rings (SSSR count). The van der Waals surface area contributed by atoms with Crippen LogP contribution in [-0.4, -0.2) is 25.7 Å². The standard InChI is InChI=1S/C13H14N4O4/c1-13(2,16-8-9(7-14-16)17(20)21)12(19)15-10-5-3-4-6-11(10)18/h3-8,18H,1-2H3,(H,15,19). The normalized spacial score (nSPS) is 11.1. The lowest BCUT2D eigenvalue weighted by atomic mass is 10.0. The predicted molar refractivity (Wildman–Crippen MR) is 74.9 cm³/mol. The number of phenolic OH excluding ortho intramolecular Hbond substituents is 1. The number of anilines is 1. The molecule has 0 aliphatic carbocycles. The Morgan fingerprint density at radius 2 is 2.10 bits per heavy atom. The monoisotopic (exact) mass is 290 g/mol. The summed E-state index contributed by atoms with van der Waals surface area (Å²) in [6.07, 6.45) is 2.26. The highest BCUT2D eigenvalue weighted by molar-refractivity contribution is 5.97. The maximum atomic E-state index is 12.3. The molecule has 0 unspecified atom stereocenters. The summed E-state index contributed by atoms with van der Waals surface area (Å²) in [6, 6.07) is 6.30. The summed E-state index contributed by atoms with van der Waals surface area (Å²) in [5, 5.41) is 26.7. The van der Waals surface area contributed by atoms with E-state index in [1.807, 2.05) is 0 Å². The molecule has 0 aliphatic heterocycles. The van der Waals surface area contributed by atoms with Gasteiger partial charge in [0.15, 0.2) is 0 Å². The first-order chi connectivity index (χ1) is 9.82. The minimum absolute atomic E-state index is 0.0619. The molecule has 21 heavy (non-hydrogen) atoms. The summed E-state index contributed by atoms with van der Waals surface area (Å²) in [7, 11) is 0. The van der Waals surface area contributed by atoms with Gasteiger partial charge in [0.25, 0.3) is 5.91 Å². The van der Waals surface area contributed by atoms with Crippen LogP contribution in [0.25, 0.3) is 0 Å². The van der Waals surface area contributed by atoms with Crippen molar-refractivity contribution in [2.75, 3.05) is 5.32 Å². The molecule has 1 heterocycles. The molecule has 1 amide bonds. The van der Waals surface area contributed by atoms with Crippen LogP contribution in [-0.2, 0) is 10.3 Å². The molecule has 2 aromatic rings. The first-order valence-electron chi connectivity index (χ1n) is 6.11. The van der Waals surface area contributed by atoms with Crippen molar-refractivity contribution in [1.29, 1.82) is 0 Å². The molecule has 0 aliphatic rings. The number of hydrogen-bond donors (Lipinski definition) is 2. The SMILES string of the molecule is CC(C)(C(=O)Nc1ccccc1O)n1cc([N+](=O)[O-])cn1. The van der Waals surface area contributed by atoms with Gasteiger partial charge in [0, 0.05) is 0 Å². The molecule has 0 spiro atoms. The highest BCUT2D eigenvalue weighted by atomic mass is 16.6. The number of nitro groups is 1. The fourth-order valence-electron chi connectivity index (χ4n) is 1.67. The Kier molecular flexibility index (Phi) is 3.62. The van der Waals surface area contributed by atoms with Crippen molar-refractivity contribution in [3.63, 3.8) is 0 Å². The van der Waals surface area contributed by atoms with E-state index in [2.05, 4.69) is 10.4 Å². The van der Waals surface area contributed by atoms with Gasteiger partial charge < -0.3 is 10.4 Å². The highest BCUT2D eigenvalue weighted by Crippen LogP contribution is 2.25. The lowest BCUT2D eigenvalue weighted by Crippen LogP contribution is -2.40. The van der Waals surface area contributed by atoms with Crippen LogP contribution in [0.3, 0.4) is 0 Å². The number of nitrogens with one attached hydrogen (secondary N) is 1. The number of rotatable bonds is 4. The molecule has 0 atom stereocenters. The number of phenols is 1. The summed E-state index contributed by atoms with van der Waals surface area (Å²) in [5.74, 6) is -0.518. The van der Waals surface area contributed by atoms with Gasteiger partial charge in [-0.1, -0.05) is 12.1 Å². The number of aromatic hydroxyl groups is 1. The second-order valence-electron chi connectivity index (χ2n) is 4.93. The average Bonchev–Trinajstić information content (AvgIpc) is 2.91. The Labute approximate surface area is 120 Å². The zero-order chi connectivity index (χ0) is 15.6.